The Kier molecular flexibility index (Phi) is 4.87. The molecule has 106 valence electrons. The number of carbonyl (C=O) groups is 1. The summed E-state index contributed by atoms with van der Waals surface area (Å²) in [5.41, 5.74) is 3.82. The molecule has 1 amide bonds. The van der Waals surface area contributed by atoms with Gasteiger partial charge in [0.15, 0.2) is 0 Å². The van der Waals surface area contributed by atoms with Crippen LogP contribution in [0.1, 0.15) is 43.3 Å². The van der Waals surface area contributed by atoms with E-state index < -0.39 is 0 Å². The molecule has 1 heterocycles. The van der Waals surface area contributed by atoms with Crippen LogP contribution >= 0.6 is 11.3 Å². The van der Waals surface area contributed by atoms with Crippen molar-refractivity contribution in [2.45, 2.75) is 32.9 Å². The van der Waals surface area contributed by atoms with Crippen molar-refractivity contribution in [1.29, 1.82) is 0 Å². The predicted octanol–water partition coefficient (Wildman–Crippen LogP) is 3.51. The van der Waals surface area contributed by atoms with Crippen molar-refractivity contribution < 1.29 is 4.79 Å². The second kappa shape index (κ2) is 6.63. The van der Waals surface area contributed by atoms with E-state index in [-0.39, 0.29) is 18.0 Å². The molecule has 1 aromatic carbocycles. The summed E-state index contributed by atoms with van der Waals surface area (Å²) >= 11 is 1.65. The average molecular weight is 289 g/mol. The van der Waals surface area contributed by atoms with Gasteiger partial charge in [-0.2, -0.15) is 0 Å². The third-order valence-electron chi connectivity index (χ3n) is 3.09. The summed E-state index contributed by atoms with van der Waals surface area (Å²) in [5.74, 6) is -0.0548. The Hall–Kier alpha value is -1.72. The standard InChI is InChI=1S/C15H19N3OS/c1-10(17-11(2)15-8-16-9-20-15)13-5-4-6-14(7-13)18-12(3)19/h4-11,17H,1-3H3,(H,18,19). The van der Waals surface area contributed by atoms with Crippen molar-refractivity contribution in [3.05, 3.63) is 46.4 Å². The van der Waals surface area contributed by atoms with E-state index in [0.717, 1.165) is 11.3 Å². The monoisotopic (exact) mass is 289 g/mol. The summed E-state index contributed by atoms with van der Waals surface area (Å²) in [6.45, 7) is 5.76. The topological polar surface area (TPSA) is 54.0 Å². The van der Waals surface area contributed by atoms with Crippen molar-refractivity contribution >= 4 is 22.9 Å². The van der Waals surface area contributed by atoms with E-state index >= 15 is 0 Å². The number of nitrogens with one attached hydrogen (secondary N) is 2. The molecule has 0 saturated carbocycles. The zero-order valence-corrected chi connectivity index (χ0v) is 12.7. The zero-order chi connectivity index (χ0) is 14.5. The minimum absolute atomic E-state index is 0.0548. The molecule has 1 aromatic heterocycles. The number of thiazole rings is 1. The smallest absolute Gasteiger partial charge is 0.221 e. The Morgan fingerprint density at radius 2 is 2.10 bits per heavy atom. The normalized spacial score (nSPS) is 13.8. The Morgan fingerprint density at radius 1 is 1.30 bits per heavy atom. The van der Waals surface area contributed by atoms with Gasteiger partial charge in [-0.15, -0.1) is 11.3 Å². The maximum absolute atomic E-state index is 11.1. The first-order valence-corrected chi connectivity index (χ1v) is 7.46. The predicted molar refractivity (Wildman–Crippen MR) is 82.8 cm³/mol. The molecular weight excluding hydrogens is 270 g/mol. The lowest BCUT2D eigenvalue weighted by atomic mass is 10.1. The quantitative estimate of drug-likeness (QED) is 0.885. The summed E-state index contributed by atoms with van der Waals surface area (Å²) in [6, 6.07) is 8.35. The lowest BCUT2D eigenvalue weighted by Gasteiger charge is -2.20. The highest BCUT2D eigenvalue weighted by Crippen LogP contribution is 2.23. The van der Waals surface area contributed by atoms with Gasteiger partial charge >= 0.3 is 0 Å². The highest BCUT2D eigenvalue weighted by atomic mass is 32.1. The average Bonchev–Trinajstić information content (AvgIpc) is 2.92. The Balaban J connectivity index is 2.05. The molecule has 0 spiro atoms. The molecule has 20 heavy (non-hydrogen) atoms. The largest absolute Gasteiger partial charge is 0.326 e. The lowest BCUT2D eigenvalue weighted by Crippen LogP contribution is -2.22. The molecule has 2 atom stereocenters. The first kappa shape index (κ1) is 14.7. The van der Waals surface area contributed by atoms with Crippen molar-refractivity contribution in [2.24, 2.45) is 0 Å². The molecule has 2 unspecified atom stereocenters. The van der Waals surface area contributed by atoms with Crippen molar-refractivity contribution in [3.63, 3.8) is 0 Å². The first-order chi connectivity index (χ1) is 9.56. The van der Waals surface area contributed by atoms with Gasteiger partial charge in [0.2, 0.25) is 5.91 Å². The van der Waals surface area contributed by atoms with Gasteiger partial charge in [-0.1, -0.05) is 12.1 Å². The highest BCUT2D eigenvalue weighted by Gasteiger charge is 2.12. The van der Waals surface area contributed by atoms with Gasteiger partial charge in [0, 0.05) is 35.8 Å². The Bertz CT molecular complexity index is 568. The van der Waals surface area contributed by atoms with Gasteiger partial charge in [0.05, 0.1) is 5.51 Å². The van der Waals surface area contributed by atoms with Crippen molar-refractivity contribution in [3.8, 4) is 0 Å². The number of aromatic nitrogens is 1. The zero-order valence-electron chi connectivity index (χ0n) is 11.9. The van der Waals surface area contributed by atoms with Crippen molar-refractivity contribution in [1.82, 2.24) is 10.3 Å². The molecule has 0 saturated heterocycles. The second-order valence-electron chi connectivity index (χ2n) is 4.82. The molecule has 4 nitrogen and oxygen atoms in total. The van der Waals surface area contributed by atoms with Gasteiger partial charge in [0.25, 0.3) is 0 Å². The summed E-state index contributed by atoms with van der Waals surface area (Å²) in [6.07, 6.45) is 1.89. The van der Waals surface area contributed by atoms with Gasteiger partial charge in [-0.05, 0) is 31.5 Å². The molecule has 0 aliphatic heterocycles. The van der Waals surface area contributed by atoms with Crippen LogP contribution in [0.4, 0.5) is 5.69 Å². The van der Waals surface area contributed by atoms with E-state index in [1.54, 1.807) is 11.3 Å². The molecule has 0 radical (unpaired) electrons. The first-order valence-electron chi connectivity index (χ1n) is 6.58. The van der Waals surface area contributed by atoms with E-state index in [2.05, 4.69) is 35.5 Å². The minimum atomic E-state index is -0.0548. The third-order valence-corrected chi connectivity index (χ3v) is 4.04. The number of hydrogen-bond acceptors (Lipinski definition) is 4. The van der Waals surface area contributed by atoms with Gasteiger partial charge in [-0.25, -0.2) is 0 Å². The second-order valence-corrected chi connectivity index (χ2v) is 5.74. The van der Waals surface area contributed by atoms with E-state index in [4.69, 9.17) is 0 Å². The fraction of sp³-hybridized carbons (Fsp3) is 0.333. The summed E-state index contributed by atoms with van der Waals surface area (Å²) in [5, 5.41) is 6.34. The number of amides is 1. The number of nitrogens with zero attached hydrogens (tertiary/aromatic N) is 1. The number of carbonyl (C=O) groups excluding carboxylic acids is 1. The Morgan fingerprint density at radius 3 is 2.75 bits per heavy atom. The number of benzene rings is 1. The Labute approximate surface area is 123 Å². The molecule has 0 bridgehead atoms. The number of hydrogen-bond donors (Lipinski definition) is 2. The molecule has 0 aliphatic rings. The minimum Gasteiger partial charge on any atom is -0.326 e. The molecule has 2 rings (SSSR count). The molecule has 0 fully saturated rings. The molecule has 2 aromatic rings. The van der Waals surface area contributed by atoms with Crippen molar-refractivity contribution in [2.75, 3.05) is 5.32 Å². The van der Waals surface area contributed by atoms with E-state index in [0.29, 0.717) is 0 Å². The van der Waals surface area contributed by atoms with E-state index in [1.807, 2.05) is 29.9 Å². The van der Waals surface area contributed by atoms with Gasteiger partial charge in [0.1, 0.15) is 0 Å². The van der Waals surface area contributed by atoms with E-state index in [9.17, 15) is 4.79 Å². The van der Waals surface area contributed by atoms with Crippen LogP contribution < -0.4 is 10.6 Å². The van der Waals surface area contributed by atoms with Crippen LogP contribution in [0.15, 0.2) is 36.0 Å². The van der Waals surface area contributed by atoms with Crippen LogP contribution in [0.2, 0.25) is 0 Å². The fourth-order valence-electron chi connectivity index (χ4n) is 2.08. The summed E-state index contributed by atoms with van der Waals surface area (Å²) in [7, 11) is 0. The molecular formula is C15H19N3OS. The van der Waals surface area contributed by atoms with Gasteiger partial charge in [-0.3, -0.25) is 9.78 Å². The maximum Gasteiger partial charge on any atom is 0.221 e. The summed E-state index contributed by atoms with van der Waals surface area (Å²) < 4.78 is 0. The fourth-order valence-corrected chi connectivity index (χ4v) is 2.72. The number of anilines is 1. The van der Waals surface area contributed by atoms with Crippen LogP contribution in [-0.2, 0) is 4.79 Å². The van der Waals surface area contributed by atoms with Crippen LogP contribution in [0.5, 0.6) is 0 Å². The van der Waals surface area contributed by atoms with Crippen LogP contribution in [0, 0.1) is 0 Å². The molecule has 2 N–H and O–H groups in total. The van der Waals surface area contributed by atoms with Crippen LogP contribution in [0.25, 0.3) is 0 Å². The van der Waals surface area contributed by atoms with Crippen LogP contribution in [0.3, 0.4) is 0 Å². The molecule has 0 aliphatic carbocycles. The maximum atomic E-state index is 11.1. The highest BCUT2D eigenvalue weighted by molar-refractivity contribution is 7.09. The number of rotatable bonds is 5. The van der Waals surface area contributed by atoms with Gasteiger partial charge < -0.3 is 10.6 Å². The third kappa shape index (κ3) is 3.88. The molecule has 5 heteroatoms. The van der Waals surface area contributed by atoms with E-state index in [1.165, 1.54) is 11.8 Å². The SMILES string of the molecule is CC(=O)Nc1cccc(C(C)NC(C)c2cncs2)c1. The van der Waals surface area contributed by atoms with Crippen LogP contribution in [-0.4, -0.2) is 10.9 Å². The summed E-state index contributed by atoms with van der Waals surface area (Å²) in [4.78, 5) is 16.4. The lowest BCUT2D eigenvalue weighted by molar-refractivity contribution is -0.114.